The molecule has 2 fully saturated rings. The zero-order chi connectivity index (χ0) is 13.2. The molecule has 2 N–H and O–H groups in total. The van der Waals surface area contributed by atoms with Gasteiger partial charge in [-0.25, -0.2) is 0 Å². The molecule has 0 radical (unpaired) electrons. The van der Waals surface area contributed by atoms with Gasteiger partial charge in [-0.1, -0.05) is 12.8 Å². The van der Waals surface area contributed by atoms with E-state index in [2.05, 4.69) is 24.1 Å². The van der Waals surface area contributed by atoms with Crippen LogP contribution in [0.2, 0.25) is 0 Å². The topological polar surface area (TPSA) is 52.6 Å². The predicted molar refractivity (Wildman–Crippen MR) is 71.7 cm³/mol. The Morgan fingerprint density at radius 3 is 2.67 bits per heavy atom. The van der Waals surface area contributed by atoms with Crippen LogP contribution in [-0.4, -0.2) is 46.7 Å². The van der Waals surface area contributed by atoms with Gasteiger partial charge in [-0.2, -0.15) is 0 Å². The van der Waals surface area contributed by atoms with Crippen molar-refractivity contribution in [2.45, 2.75) is 70.0 Å². The Morgan fingerprint density at radius 1 is 1.39 bits per heavy atom. The summed E-state index contributed by atoms with van der Waals surface area (Å²) in [6.07, 6.45) is 6.28. The van der Waals surface area contributed by atoms with Crippen LogP contribution in [0.3, 0.4) is 0 Å². The van der Waals surface area contributed by atoms with Crippen LogP contribution >= 0.6 is 0 Å². The van der Waals surface area contributed by atoms with Crippen molar-refractivity contribution in [1.29, 1.82) is 0 Å². The van der Waals surface area contributed by atoms with Gasteiger partial charge in [-0.15, -0.1) is 0 Å². The number of carboxylic acids is 1. The zero-order valence-electron chi connectivity index (χ0n) is 11.6. The average molecular weight is 254 g/mol. The van der Waals surface area contributed by atoms with Gasteiger partial charge < -0.3 is 10.4 Å². The lowest BCUT2D eigenvalue weighted by Gasteiger charge is -2.51. The SMILES string of the molecule is CC1(C)CNCC(CCC(=O)O)N1C1CCCC1. The Labute approximate surface area is 110 Å². The van der Waals surface area contributed by atoms with Crippen LogP contribution in [0, 0.1) is 0 Å². The van der Waals surface area contributed by atoms with Crippen molar-refractivity contribution in [2.24, 2.45) is 0 Å². The molecule has 0 amide bonds. The van der Waals surface area contributed by atoms with Gasteiger partial charge >= 0.3 is 5.97 Å². The summed E-state index contributed by atoms with van der Waals surface area (Å²) in [4.78, 5) is 13.4. The third-order valence-corrected chi connectivity index (χ3v) is 4.44. The number of hydrogen-bond donors (Lipinski definition) is 2. The molecule has 4 nitrogen and oxygen atoms in total. The van der Waals surface area contributed by atoms with E-state index in [1.807, 2.05) is 0 Å². The zero-order valence-corrected chi connectivity index (χ0v) is 11.6. The Morgan fingerprint density at radius 2 is 2.06 bits per heavy atom. The third-order valence-electron chi connectivity index (χ3n) is 4.44. The normalized spacial score (nSPS) is 29.6. The highest BCUT2D eigenvalue weighted by atomic mass is 16.4. The molecule has 0 bridgehead atoms. The van der Waals surface area contributed by atoms with Crippen LogP contribution in [0.5, 0.6) is 0 Å². The number of nitrogens with zero attached hydrogens (tertiary/aromatic N) is 1. The Balaban J connectivity index is 2.06. The lowest BCUT2D eigenvalue weighted by atomic mass is 9.91. The highest BCUT2D eigenvalue weighted by molar-refractivity contribution is 5.66. The van der Waals surface area contributed by atoms with E-state index in [9.17, 15) is 4.79 Å². The predicted octanol–water partition coefficient (Wildman–Crippen LogP) is 1.85. The molecular formula is C14H26N2O2. The minimum Gasteiger partial charge on any atom is -0.481 e. The molecular weight excluding hydrogens is 228 g/mol. The molecule has 1 saturated carbocycles. The van der Waals surface area contributed by atoms with E-state index in [1.165, 1.54) is 25.7 Å². The van der Waals surface area contributed by atoms with Crippen molar-refractivity contribution in [2.75, 3.05) is 13.1 Å². The van der Waals surface area contributed by atoms with Crippen molar-refractivity contribution in [1.82, 2.24) is 10.2 Å². The largest absolute Gasteiger partial charge is 0.481 e. The van der Waals surface area contributed by atoms with Crippen molar-refractivity contribution in [3.63, 3.8) is 0 Å². The van der Waals surface area contributed by atoms with Crippen LogP contribution in [0.15, 0.2) is 0 Å². The number of aliphatic carboxylic acids is 1. The summed E-state index contributed by atoms with van der Waals surface area (Å²) < 4.78 is 0. The Kier molecular flexibility index (Phi) is 4.28. The molecule has 18 heavy (non-hydrogen) atoms. The fourth-order valence-electron chi connectivity index (χ4n) is 3.73. The fourth-order valence-corrected chi connectivity index (χ4v) is 3.73. The molecule has 1 aliphatic carbocycles. The smallest absolute Gasteiger partial charge is 0.303 e. The van der Waals surface area contributed by atoms with Gasteiger partial charge in [0.05, 0.1) is 0 Å². The Hall–Kier alpha value is -0.610. The van der Waals surface area contributed by atoms with Crippen LogP contribution in [0.25, 0.3) is 0 Å². The van der Waals surface area contributed by atoms with Gasteiger partial charge in [0.25, 0.3) is 0 Å². The van der Waals surface area contributed by atoms with Gasteiger partial charge in [-0.3, -0.25) is 9.69 Å². The standard InChI is InChI=1S/C14H26N2O2/c1-14(2)10-15-9-12(7-8-13(17)18)16(14)11-5-3-4-6-11/h11-12,15H,3-10H2,1-2H3,(H,17,18). The third kappa shape index (κ3) is 3.04. The molecule has 2 rings (SSSR count). The molecule has 1 unspecified atom stereocenters. The quantitative estimate of drug-likeness (QED) is 0.804. The number of rotatable bonds is 4. The molecule has 4 heteroatoms. The molecule has 104 valence electrons. The highest BCUT2D eigenvalue weighted by Crippen LogP contribution is 2.33. The average Bonchev–Trinajstić information content (AvgIpc) is 2.78. The van der Waals surface area contributed by atoms with E-state index >= 15 is 0 Å². The fraction of sp³-hybridized carbons (Fsp3) is 0.929. The summed E-state index contributed by atoms with van der Waals surface area (Å²) in [6.45, 7) is 6.51. The number of nitrogens with one attached hydrogen (secondary N) is 1. The first-order valence-corrected chi connectivity index (χ1v) is 7.21. The van der Waals surface area contributed by atoms with Gasteiger partial charge in [0.2, 0.25) is 0 Å². The summed E-state index contributed by atoms with van der Waals surface area (Å²) in [5.74, 6) is -0.676. The molecule has 1 aliphatic heterocycles. The first-order chi connectivity index (χ1) is 8.50. The summed E-state index contributed by atoms with van der Waals surface area (Å²) >= 11 is 0. The maximum absolute atomic E-state index is 10.8. The molecule has 1 heterocycles. The van der Waals surface area contributed by atoms with E-state index in [0.717, 1.165) is 19.5 Å². The van der Waals surface area contributed by atoms with Gasteiger partial charge in [-0.05, 0) is 33.1 Å². The number of piperazine rings is 1. The summed E-state index contributed by atoms with van der Waals surface area (Å²) in [5.41, 5.74) is 0.149. The van der Waals surface area contributed by atoms with Crippen LogP contribution in [-0.2, 0) is 4.79 Å². The van der Waals surface area contributed by atoms with E-state index in [-0.39, 0.29) is 12.0 Å². The maximum Gasteiger partial charge on any atom is 0.303 e. The first kappa shape index (κ1) is 13.8. The van der Waals surface area contributed by atoms with E-state index in [0.29, 0.717) is 12.1 Å². The van der Waals surface area contributed by atoms with E-state index < -0.39 is 5.97 Å². The molecule has 1 atom stereocenters. The second-order valence-corrected chi connectivity index (χ2v) is 6.38. The molecule has 2 aliphatic rings. The lowest BCUT2D eigenvalue weighted by molar-refractivity contribution is -0.137. The van der Waals surface area contributed by atoms with Crippen LogP contribution in [0.1, 0.15) is 52.4 Å². The van der Waals surface area contributed by atoms with Crippen molar-refractivity contribution < 1.29 is 9.90 Å². The number of carbonyl (C=O) groups is 1. The van der Waals surface area contributed by atoms with Crippen LogP contribution < -0.4 is 5.32 Å². The lowest BCUT2D eigenvalue weighted by Crippen LogP contribution is -2.65. The number of carboxylic acid groups (broad SMARTS) is 1. The summed E-state index contributed by atoms with van der Waals surface area (Å²) in [7, 11) is 0. The second-order valence-electron chi connectivity index (χ2n) is 6.38. The highest BCUT2D eigenvalue weighted by Gasteiger charge is 2.41. The molecule has 1 saturated heterocycles. The van der Waals surface area contributed by atoms with E-state index in [4.69, 9.17) is 5.11 Å². The monoisotopic (exact) mass is 254 g/mol. The first-order valence-electron chi connectivity index (χ1n) is 7.21. The Bertz CT molecular complexity index is 298. The van der Waals surface area contributed by atoms with E-state index in [1.54, 1.807) is 0 Å². The molecule has 0 aromatic carbocycles. The minimum atomic E-state index is -0.676. The molecule has 0 aromatic heterocycles. The van der Waals surface area contributed by atoms with Gasteiger partial charge in [0, 0.05) is 37.1 Å². The van der Waals surface area contributed by atoms with Crippen molar-refractivity contribution in [3.8, 4) is 0 Å². The molecule has 0 spiro atoms. The summed E-state index contributed by atoms with van der Waals surface area (Å²) in [6, 6.07) is 1.05. The second kappa shape index (κ2) is 5.57. The van der Waals surface area contributed by atoms with Crippen molar-refractivity contribution >= 4 is 5.97 Å². The minimum absolute atomic E-state index is 0.149. The van der Waals surface area contributed by atoms with Crippen LogP contribution in [0.4, 0.5) is 0 Å². The maximum atomic E-state index is 10.8. The number of hydrogen-bond acceptors (Lipinski definition) is 3. The molecule has 0 aromatic rings. The van der Waals surface area contributed by atoms with Gasteiger partial charge in [0.15, 0.2) is 0 Å². The van der Waals surface area contributed by atoms with Gasteiger partial charge in [0.1, 0.15) is 0 Å². The van der Waals surface area contributed by atoms with Crippen molar-refractivity contribution in [3.05, 3.63) is 0 Å². The summed E-state index contributed by atoms with van der Waals surface area (Å²) in [5, 5.41) is 12.4.